The van der Waals surface area contributed by atoms with Crippen LogP contribution in [0.2, 0.25) is 10.0 Å². The summed E-state index contributed by atoms with van der Waals surface area (Å²) in [6.07, 6.45) is 1.63. The minimum atomic E-state index is -1.47. The normalized spacial score (nSPS) is 10.6. The number of hydrogen-bond acceptors (Lipinski definition) is 8. The van der Waals surface area contributed by atoms with Gasteiger partial charge in [0.05, 0.1) is 22.5 Å². The summed E-state index contributed by atoms with van der Waals surface area (Å²) in [4.78, 5) is 19.7. The molecule has 0 aliphatic heterocycles. The van der Waals surface area contributed by atoms with Gasteiger partial charge in [0.25, 0.3) is 0 Å². The van der Waals surface area contributed by atoms with Gasteiger partial charge in [0, 0.05) is 35.9 Å². The number of fused-ring (bicyclic) bond motifs is 1. The Kier molecular flexibility index (Phi) is 6.44. The number of benzene rings is 1. The zero-order valence-corrected chi connectivity index (χ0v) is 18.3. The number of carboxylic acid groups (broad SMARTS) is 1. The third-order valence-electron chi connectivity index (χ3n) is 4.45. The Morgan fingerprint density at radius 2 is 2.00 bits per heavy atom. The van der Waals surface area contributed by atoms with Crippen LogP contribution in [0.4, 0.5) is 16.4 Å². The van der Waals surface area contributed by atoms with Crippen LogP contribution >= 0.6 is 23.2 Å². The third kappa shape index (κ3) is 5.23. The van der Waals surface area contributed by atoms with E-state index in [1.54, 1.807) is 36.5 Å². The first-order valence-electron chi connectivity index (χ1n) is 9.53. The first-order valence-corrected chi connectivity index (χ1v) is 10.3. The van der Waals surface area contributed by atoms with Gasteiger partial charge in [0.2, 0.25) is 5.88 Å². The van der Waals surface area contributed by atoms with E-state index < -0.39 is 6.16 Å². The van der Waals surface area contributed by atoms with E-state index in [1.807, 2.05) is 6.07 Å². The summed E-state index contributed by atoms with van der Waals surface area (Å²) in [6, 6.07) is 11.9. The average molecular weight is 484 g/mol. The Morgan fingerprint density at radius 3 is 2.70 bits per heavy atom. The lowest BCUT2D eigenvalue weighted by atomic mass is 10.1. The highest BCUT2D eigenvalue weighted by Gasteiger charge is 2.15. The zero-order chi connectivity index (χ0) is 23.4. The van der Waals surface area contributed by atoms with E-state index in [0.717, 1.165) is 0 Å². The molecular formula is C21H15Cl2N7O3. The minimum Gasteiger partial charge on any atom is -0.449 e. The maximum absolute atomic E-state index is 10.9. The molecule has 3 N–H and O–H groups in total. The van der Waals surface area contributed by atoms with Crippen molar-refractivity contribution in [1.29, 1.82) is 5.26 Å². The molecule has 0 aliphatic rings. The standard InChI is InChI=1S/C21H15Cl2N7O3/c22-13-2-3-14(15(23)7-13)16-11-30-17(8-19(29-30)33-21(31)32)20(28-16)26-6-5-25-18-4-1-12(9-24)10-27-18/h1-4,7-8,10-11H,5-6H2,(H,25,27)(H,26,28)(H,31,32). The number of aromatic nitrogens is 4. The number of hydrogen-bond donors (Lipinski definition) is 3. The molecule has 0 aliphatic carbocycles. The molecule has 33 heavy (non-hydrogen) atoms. The number of anilines is 2. The Morgan fingerprint density at radius 1 is 1.18 bits per heavy atom. The molecule has 4 aromatic rings. The molecule has 3 aromatic heterocycles. The number of ether oxygens (including phenoxy) is 1. The maximum Gasteiger partial charge on any atom is 0.512 e. The Labute approximate surface area is 197 Å². The SMILES string of the molecule is N#Cc1ccc(NCCNc2nc(-c3ccc(Cl)cc3Cl)cn3nc(OC(=O)O)cc23)nc1. The Balaban J connectivity index is 1.59. The number of carbonyl (C=O) groups is 1. The Bertz CT molecular complexity index is 1370. The second-order valence-corrected chi connectivity index (χ2v) is 7.52. The quantitative estimate of drug-likeness (QED) is 0.255. The molecule has 0 bridgehead atoms. The summed E-state index contributed by atoms with van der Waals surface area (Å²) in [5.41, 5.74) is 2.11. The molecule has 166 valence electrons. The van der Waals surface area contributed by atoms with Gasteiger partial charge in [0.1, 0.15) is 17.4 Å². The molecule has 12 heteroatoms. The lowest BCUT2D eigenvalue weighted by Crippen LogP contribution is -2.15. The van der Waals surface area contributed by atoms with Crippen LogP contribution < -0.4 is 15.4 Å². The van der Waals surface area contributed by atoms with Gasteiger partial charge in [-0.15, -0.1) is 5.10 Å². The monoisotopic (exact) mass is 483 g/mol. The van der Waals surface area contributed by atoms with Gasteiger partial charge in [0.15, 0.2) is 5.82 Å². The van der Waals surface area contributed by atoms with E-state index in [4.69, 9.17) is 33.6 Å². The van der Waals surface area contributed by atoms with Crippen molar-refractivity contribution in [3.8, 4) is 23.2 Å². The number of nitrogens with one attached hydrogen (secondary N) is 2. The maximum atomic E-state index is 10.9. The van der Waals surface area contributed by atoms with Gasteiger partial charge in [-0.05, 0) is 30.3 Å². The van der Waals surface area contributed by atoms with Crippen LogP contribution in [0.25, 0.3) is 16.8 Å². The topological polar surface area (TPSA) is 137 Å². The van der Waals surface area contributed by atoms with Crippen molar-refractivity contribution in [3.63, 3.8) is 0 Å². The second kappa shape index (κ2) is 9.60. The van der Waals surface area contributed by atoms with E-state index in [2.05, 4.69) is 30.4 Å². The molecule has 3 heterocycles. The van der Waals surface area contributed by atoms with Gasteiger partial charge in [-0.2, -0.15) is 5.26 Å². The number of halogens is 2. The third-order valence-corrected chi connectivity index (χ3v) is 5.00. The molecule has 0 spiro atoms. The van der Waals surface area contributed by atoms with Crippen LogP contribution in [-0.2, 0) is 0 Å². The summed E-state index contributed by atoms with van der Waals surface area (Å²) in [7, 11) is 0. The van der Waals surface area contributed by atoms with Crippen LogP contribution in [0.15, 0.2) is 48.8 Å². The summed E-state index contributed by atoms with van der Waals surface area (Å²) in [5, 5.41) is 29.1. The molecule has 0 saturated carbocycles. The highest BCUT2D eigenvalue weighted by Crippen LogP contribution is 2.31. The van der Waals surface area contributed by atoms with Crippen LogP contribution in [0.5, 0.6) is 5.88 Å². The average Bonchev–Trinajstić information content (AvgIpc) is 3.18. The molecule has 0 radical (unpaired) electrons. The molecule has 0 amide bonds. The fourth-order valence-corrected chi connectivity index (χ4v) is 3.51. The molecule has 0 unspecified atom stereocenters. The predicted octanol–water partition coefficient (Wildman–Crippen LogP) is 4.55. The van der Waals surface area contributed by atoms with E-state index in [0.29, 0.717) is 57.1 Å². The van der Waals surface area contributed by atoms with Crippen molar-refractivity contribution in [2.24, 2.45) is 0 Å². The molecule has 0 saturated heterocycles. The molecule has 10 nitrogen and oxygen atoms in total. The van der Waals surface area contributed by atoms with E-state index in [-0.39, 0.29) is 5.88 Å². The number of nitrogens with zero attached hydrogens (tertiary/aromatic N) is 5. The van der Waals surface area contributed by atoms with Crippen molar-refractivity contribution in [2.45, 2.75) is 0 Å². The van der Waals surface area contributed by atoms with E-state index in [9.17, 15) is 4.79 Å². The summed E-state index contributed by atoms with van der Waals surface area (Å²) in [5.74, 6) is 0.976. The lowest BCUT2D eigenvalue weighted by Gasteiger charge is -2.11. The largest absolute Gasteiger partial charge is 0.512 e. The molecule has 4 rings (SSSR count). The molecular weight excluding hydrogens is 469 g/mol. The first-order chi connectivity index (χ1) is 15.9. The van der Waals surface area contributed by atoms with Gasteiger partial charge >= 0.3 is 6.16 Å². The lowest BCUT2D eigenvalue weighted by molar-refractivity contribution is 0.142. The van der Waals surface area contributed by atoms with Crippen molar-refractivity contribution in [3.05, 3.63) is 64.4 Å². The smallest absolute Gasteiger partial charge is 0.449 e. The van der Waals surface area contributed by atoms with Crippen molar-refractivity contribution >= 4 is 46.5 Å². The van der Waals surface area contributed by atoms with Gasteiger partial charge in [-0.25, -0.2) is 19.3 Å². The molecule has 1 aromatic carbocycles. The molecule has 0 atom stereocenters. The second-order valence-electron chi connectivity index (χ2n) is 6.68. The Hall–Kier alpha value is -4.07. The van der Waals surface area contributed by atoms with Gasteiger partial charge in [-0.1, -0.05) is 23.2 Å². The van der Waals surface area contributed by atoms with Crippen LogP contribution in [0.1, 0.15) is 5.56 Å². The van der Waals surface area contributed by atoms with Crippen LogP contribution in [-0.4, -0.2) is 43.9 Å². The summed E-state index contributed by atoms with van der Waals surface area (Å²) in [6.45, 7) is 0.938. The number of pyridine rings is 1. The van der Waals surface area contributed by atoms with Crippen LogP contribution in [0, 0.1) is 11.3 Å². The predicted molar refractivity (Wildman–Crippen MR) is 123 cm³/mol. The van der Waals surface area contributed by atoms with E-state index in [1.165, 1.54) is 16.8 Å². The highest BCUT2D eigenvalue weighted by atomic mass is 35.5. The number of rotatable bonds is 7. The van der Waals surface area contributed by atoms with Crippen molar-refractivity contribution in [1.82, 2.24) is 19.6 Å². The summed E-state index contributed by atoms with van der Waals surface area (Å²) >= 11 is 12.3. The minimum absolute atomic E-state index is 0.0911. The molecule has 0 fully saturated rings. The van der Waals surface area contributed by atoms with E-state index >= 15 is 0 Å². The first kappa shape index (κ1) is 22.1. The van der Waals surface area contributed by atoms with Crippen molar-refractivity contribution in [2.75, 3.05) is 23.7 Å². The summed E-state index contributed by atoms with van der Waals surface area (Å²) < 4.78 is 6.15. The fourth-order valence-electron chi connectivity index (χ4n) is 3.00. The highest BCUT2D eigenvalue weighted by molar-refractivity contribution is 6.36. The van der Waals surface area contributed by atoms with Crippen LogP contribution in [0.3, 0.4) is 0 Å². The van der Waals surface area contributed by atoms with Crippen molar-refractivity contribution < 1.29 is 14.6 Å². The van der Waals surface area contributed by atoms with Gasteiger partial charge < -0.3 is 20.5 Å². The fraction of sp³-hybridized carbons (Fsp3) is 0.0952. The zero-order valence-electron chi connectivity index (χ0n) is 16.8. The van der Waals surface area contributed by atoms with Gasteiger partial charge in [-0.3, -0.25) is 0 Å². The number of nitriles is 1.